The number of hydrogen-bond donors (Lipinski definition) is 1. The van der Waals surface area contributed by atoms with Crippen molar-refractivity contribution >= 4 is 11.9 Å². The summed E-state index contributed by atoms with van der Waals surface area (Å²) in [6.45, 7) is 2.63. The molecule has 0 spiro atoms. The number of methoxy groups -OCH3 is 1. The maximum atomic E-state index is 13.1. The number of fused-ring (bicyclic) bond motifs is 1. The van der Waals surface area contributed by atoms with E-state index in [4.69, 9.17) is 4.74 Å². The van der Waals surface area contributed by atoms with Gasteiger partial charge in [0.2, 0.25) is 0 Å². The van der Waals surface area contributed by atoms with E-state index < -0.39 is 11.4 Å². The van der Waals surface area contributed by atoms with Gasteiger partial charge >= 0.3 is 5.97 Å². The number of hydrogen-bond acceptors (Lipinski definition) is 4. The number of ether oxygens (including phenoxy) is 1. The first-order valence-corrected chi connectivity index (χ1v) is 9.18. The Morgan fingerprint density at radius 3 is 2.81 bits per heavy atom. The number of likely N-dealkylation sites (tertiary alicyclic amines) is 1. The highest BCUT2D eigenvalue weighted by Gasteiger charge is 2.56. The van der Waals surface area contributed by atoms with Crippen LogP contribution >= 0.6 is 0 Å². The van der Waals surface area contributed by atoms with Crippen molar-refractivity contribution in [2.75, 3.05) is 20.2 Å². The number of nitrogens with zero attached hydrogens (tertiary/aromatic N) is 3. The number of carbonyl (C=O) groups excluding carboxylic acids is 1. The van der Waals surface area contributed by atoms with Crippen molar-refractivity contribution in [3.05, 3.63) is 41.7 Å². The van der Waals surface area contributed by atoms with Gasteiger partial charge in [0.25, 0.3) is 5.91 Å². The van der Waals surface area contributed by atoms with Gasteiger partial charge in [0.1, 0.15) is 11.4 Å². The Labute approximate surface area is 157 Å². The number of para-hydroxylation sites is 2. The molecule has 1 aliphatic carbocycles. The molecule has 4 rings (SSSR count). The Kier molecular flexibility index (Phi) is 4.17. The molecule has 27 heavy (non-hydrogen) atoms. The van der Waals surface area contributed by atoms with Gasteiger partial charge in [-0.3, -0.25) is 9.59 Å². The van der Waals surface area contributed by atoms with Gasteiger partial charge in [-0.1, -0.05) is 18.6 Å². The first-order valence-electron chi connectivity index (χ1n) is 9.18. The van der Waals surface area contributed by atoms with E-state index in [0.717, 1.165) is 18.5 Å². The summed E-state index contributed by atoms with van der Waals surface area (Å²) >= 11 is 0. The van der Waals surface area contributed by atoms with Crippen LogP contribution in [0.3, 0.4) is 0 Å². The molecule has 142 valence electrons. The predicted molar refractivity (Wildman–Crippen MR) is 98.2 cm³/mol. The molecule has 0 bridgehead atoms. The topological polar surface area (TPSA) is 84.7 Å². The average Bonchev–Trinajstić information content (AvgIpc) is 3.33. The fourth-order valence-corrected chi connectivity index (χ4v) is 4.63. The van der Waals surface area contributed by atoms with Gasteiger partial charge in [-0.2, -0.15) is 5.10 Å². The van der Waals surface area contributed by atoms with Crippen LogP contribution < -0.4 is 4.74 Å². The summed E-state index contributed by atoms with van der Waals surface area (Å²) in [7, 11) is 1.60. The average molecular weight is 369 g/mol. The minimum atomic E-state index is -0.776. The number of benzene rings is 1. The van der Waals surface area contributed by atoms with Crippen molar-refractivity contribution in [3.63, 3.8) is 0 Å². The smallest absolute Gasteiger partial charge is 0.311 e. The van der Waals surface area contributed by atoms with Gasteiger partial charge in [0.05, 0.1) is 30.0 Å². The summed E-state index contributed by atoms with van der Waals surface area (Å²) in [6, 6.07) is 7.49. The van der Waals surface area contributed by atoms with Crippen LogP contribution in [0.1, 0.15) is 35.3 Å². The molecular formula is C20H23N3O4. The zero-order valence-corrected chi connectivity index (χ0v) is 15.5. The van der Waals surface area contributed by atoms with E-state index in [1.54, 1.807) is 22.9 Å². The molecule has 7 heteroatoms. The third kappa shape index (κ3) is 2.60. The molecule has 1 amide bonds. The second kappa shape index (κ2) is 6.40. The summed E-state index contributed by atoms with van der Waals surface area (Å²) in [5.41, 5.74) is 1.20. The molecule has 0 radical (unpaired) electrons. The maximum absolute atomic E-state index is 13.1. The molecule has 2 atom stereocenters. The molecule has 1 aromatic carbocycles. The number of carbonyl (C=O) groups is 2. The number of amides is 1. The molecule has 2 aromatic rings. The van der Waals surface area contributed by atoms with Crippen LogP contribution in [0.15, 0.2) is 30.5 Å². The number of carboxylic acids is 1. The lowest BCUT2D eigenvalue weighted by Crippen LogP contribution is -2.37. The first-order chi connectivity index (χ1) is 13.0. The van der Waals surface area contributed by atoms with Crippen molar-refractivity contribution in [2.45, 2.75) is 26.2 Å². The Bertz CT molecular complexity index is 906. The van der Waals surface area contributed by atoms with Crippen LogP contribution in [0.4, 0.5) is 0 Å². The molecule has 2 heterocycles. The third-order valence-corrected chi connectivity index (χ3v) is 6.14. The van der Waals surface area contributed by atoms with Gasteiger partial charge in [-0.05, 0) is 37.8 Å². The van der Waals surface area contributed by atoms with Crippen LogP contribution in [-0.4, -0.2) is 51.9 Å². The number of aromatic nitrogens is 2. The Hall–Kier alpha value is -2.83. The quantitative estimate of drug-likeness (QED) is 0.895. The van der Waals surface area contributed by atoms with E-state index >= 15 is 0 Å². The number of rotatable bonds is 4. The van der Waals surface area contributed by atoms with E-state index in [1.807, 2.05) is 31.2 Å². The minimum absolute atomic E-state index is 0.0449. The zero-order chi connectivity index (χ0) is 19.2. The van der Waals surface area contributed by atoms with Crippen molar-refractivity contribution in [1.82, 2.24) is 14.7 Å². The molecule has 1 N–H and O–H groups in total. The molecule has 7 nitrogen and oxygen atoms in total. The van der Waals surface area contributed by atoms with Crippen molar-refractivity contribution in [3.8, 4) is 11.4 Å². The summed E-state index contributed by atoms with van der Waals surface area (Å²) < 4.78 is 7.08. The van der Waals surface area contributed by atoms with E-state index in [2.05, 4.69) is 5.10 Å². The molecule has 1 saturated heterocycles. The minimum Gasteiger partial charge on any atom is -0.494 e. The largest absolute Gasteiger partial charge is 0.494 e. The Balaban J connectivity index is 1.63. The molecule has 1 saturated carbocycles. The summed E-state index contributed by atoms with van der Waals surface area (Å²) in [6.07, 6.45) is 4.00. The maximum Gasteiger partial charge on any atom is 0.311 e. The highest BCUT2D eigenvalue weighted by molar-refractivity contribution is 5.96. The monoisotopic (exact) mass is 369 g/mol. The van der Waals surface area contributed by atoms with E-state index in [9.17, 15) is 14.7 Å². The molecule has 2 aliphatic rings. The Morgan fingerprint density at radius 2 is 2.11 bits per heavy atom. The molecule has 1 aliphatic heterocycles. The zero-order valence-electron chi connectivity index (χ0n) is 15.5. The van der Waals surface area contributed by atoms with Gasteiger partial charge in [-0.25, -0.2) is 4.68 Å². The van der Waals surface area contributed by atoms with Crippen LogP contribution in [0, 0.1) is 18.3 Å². The lowest BCUT2D eigenvalue weighted by molar-refractivity contribution is -0.149. The van der Waals surface area contributed by atoms with E-state index in [1.165, 1.54) is 0 Å². The van der Waals surface area contributed by atoms with Crippen LogP contribution in [0.2, 0.25) is 0 Å². The highest BCUT2D eigenvalue weighted by atomic mass is 16.5. The second-order valence-corrected chi connectivity index (χ2v) is 7.46. The fraction of sp³-hybridized carbons (Fsp3) is 0.450. The second-order valence-electron chi connectivity index (χ2n) is 7.46. The Morgan fingerprint density at radius 1 is 1.33 bits per heavy atom. The summed E-state index contributed by atoms with van der Waals surface area (Å²) in [5, 5.41) is 14.1. The highest BCUT2D eigenvalue weighted by Crippen LogP contribution is 2.49. The van der Waals surface area contributed by atoms with Crippen molar-refractivity contribution in [2.24, 2.45) is 11.3 Å². The van der Waals surface area contributed by atoms with Gasteiger partial charge in [0.15, 0.2) is 0 Å². The molecule has 2 fully saturated rings. The lowest BCUT2D eigenvalue weighted by Gasteiger charge is -2.23. The van der Waals surface area contributed by atoms with Gasteiger partial charge < -0.3 is 14.7 Å². The number of aliphatic carboxylic acids is 1. The van der Waals surface area contributed by atoms with Crippen molar-refractivity contribution in [1.29, 1.82) is 0 Å². The van der Waals surface area contributed by atoms with Crippen LogP contribution in [0.25, 0.3) is 5.69 Å². The van der Waals surface area contributed by atoms with Crippen molar-refractivity contribution < 1.29 is 19.4 Å². The normalized spacial score (nSPS) is 24.1. The fourth-order valence-electron chi connectivity index (χ4n) is 4.63. The standard InChI is InChI=1S/C20H23N3O4/c1-13-15(10-21-23(13)16-7-3-4-8-17(16)27-2)18(24)22-11-14-6-5-9-20(14,12-22)19(25)26/h3-4,7-8,10,14H,5-6,9,11-12H2,1-2H3,(H,25,26)/t14-,20+/m0/s1. The predicted octanol–water partition coefficient (Wildman–Crippen LogP) is 2.52. The lowest BCUT2D eigenvalue weighted by atomic mass is 9.81. The van der Waals surface area contributed by atoms with Gasteiger partial charge in [-0.15, -0.1) is 0 Å². The SMILES string of the molecule is COc1ccccc1-n1ncc(C(=O)N2C[C@@H]3CCC[C@@]3(C(=O)O)C2)c1C. The van der Waals surface area contributed by atoms with Crippen LogP contribution in [-0.2, 0) is 4.79 Å². The molecule has 0 unspecified atom stereocenters. The van der Waals surface area contributed by atoms with E-state index in [-0.39, 0.29) is 18.4 Å². The number of carboxylic acid groups (broad SMARTS) is 1. The third-order valence-electron chi connectivity index (χ3n) is 6.14. The summed E-state index contributed by atoms with van der Waals surface area (Å²) in [4.78, 5) is 26.7. The molecule has 1 aromatic heterocycles. The van der Waals surface area contributed by atoms with E-state index in [0.29, 0.717) is 30.0 Å². The first kappa shape index (κ1) is 17.6. The molecular weight excluding hydrogens is 346 g/mol. The van der Waals surface area contributed by atoms with Crippen LogP contribution in [0.5, 0.6) is 5.75 Å². The summed E-state index contributed by atoms with van der Waals surface area (Å²) in [5.74, 6) is -0.211. The van der Waals surface area contributed by atoms with Gasteiger partial charge in [0, 0.05) is 13.1 Å².